The third-order valence-corrected chi connectivity index (χ3v) is 4.89. The van der Waals surface area contributed by atoms with Crippen molar-refractivity contribution in [1.29, 1.82) is 0 Å². The molecule has 0 atom stereocenters. The quantitative estimate of drug-likeness (QED) is 0.580. The number of aliphatic hydroxyl groups excluding tert-OH is 1. The van der Waals surface area contributed by atoms with Crippen molar-refractivity contribution in [2.75, 3.05) is 19.3 Å². The Morgan fingerprint density at radius 1 is 1.23 bits per heavy atom. The molecule has 3 N–H and O–H groups in total. The first-order chi connectivity index (χ1) is 12.1. The van der Waals surface area contributed by atoms with Gasteiger partial charge in [-0.1, -0.05) is 12.1 Å². The maximum atomic E-state index is 12.5. The molecule has 9 nitrogen and oxygen atoms in total. The fourth-order valence-corrected chi connectivity index (χ4v) is 3.07. The highest BCUT2D eigenvalue weighted by atomic mass is 32.2. The van der Waals surface area contributed by atoms with Crippen LogP contribution in [0.25, 0.3) is 0 Å². The molecule has 0 saturated heterocycles. The summed E-state index contributed by atoms with van der Waals surface area (Å²) in [7, 11) is -3.33. The number of aliphatic carboxylic acids is 1. The lowest BCUT2D eigenvalue weighted by molar-refractivity contribution is -0.138. The largest absolute Gasteiger partial charge is 0.511 e. The zero-order valence-electron chi connectivity index (χ0n) is 13.9. The number of sulfone groups is 1. The van der Waals surface area contributed by atoms with Crippen LogP contribution in [0.15, 0.2) is 40.5 Å². The molecule has 140 valence electrons. The lowest BCUT2D eigenvalue weighted by Crippen LogP contribution is -2.43. The molecule has 2 amide bonds. The second kappa shape index (κ2) is 7.56. The van der Waals surface area contributed by atoms with Gasteiger partial charge in [0.05, 0.1) is 4.90 Å². The van der Waals surface area contributed by atoms with E-state index in [1.54, 1.807) is 12.1 Å². The maximum Gasteiger partial charge on any atom is 0.322 e. The molecule has 0 unspecified atom stereocenters. The van der Waals surface area contributed by atoms with Crippen LogP contribution < -0.4 is 5.32 Å². The SMILES string of the molecule is CS(=O)(=O)c1ccc(CN2CCC(O)=C(C(=O)NCC(=O)O)C2=O)cc1. The van der Waals surface area contributed by atoms with Crippen molar-refractivity contribution in [2.24, 2.45) is 0 Å². The molecule has 1 aromatic rings. The smallest absolute Gasteiger partial charge is 0.322 e. The Hall–Kier alpha value is -2.88. The van der Waals surface area contributed by atoms with E-state index in [2.05, 4.69) is 5.32 Å². The normalized spacial score (nSPS) is 15.1. The van der Waals surface area contributed by atoms with Gasteiger partial charge in [0, 0.05) is 25.8 Å². The molecule has 1 aromatic carbocycles. The summed E-state index contributed by atoms with van der Waals surface area (Å²) >= 11 is 0. The highest BCUT2D eigenvalue weighted by molar-refractivity contribution is 7.90. The molecule has 26 heavy (non-hydrogen) atoms. The lowest BCUT2D eigenvalue weighted by atomic mass is 10.0. The number of hydrogen-bond acceptors (Lipinski definition) is 6. The topological polar surface area (TPSA) is 141 Å². The van der Waals surface area contributed by atoms with Gasteiger partial charge in [-0.2, -0.15) is 0 Å². The summed E-state index contributed by atoms with van der Waals surface area (Å²) in [6.07, 6.45) is 1.15. The lowest BCUT2D eigenvalue weighted by Gasteiger charge is -2.28. The van der Waals surface area contributed by atoms with Crippen molar-refractivity contribution in [2.45, 2.75) is 17.9 Å². The van der Waals surface area contributed by atoms with Gasteiger partial charge < -0.3 is 20.4 Å². The molecule has 1 aliphatic heterocycles. The predicted molar refractivity (Wildman–Crippen MR) is 89.9 cm³/mol. The van der Waals surface area contributed by atoms with E-state index in [1.165, 1.54) is 17.0 Å². The summed E-state index contributed by atoms with van der Waals surface area (Å²) in [6.45, 7) is -0.379. The minimum Gasteiger partial charge on any atom is -0.511 e. The van der Waals surface area contributed by atoms with E-state index >= 15 is 0 Å². The Morgan fingerprint density at radius 3 is 2.38 bits per heavy atom. The van der Waals surface area contributed by atoms with Crippen LogP contribution in [0.3, 0.4) is 0 Å². The zero-order valence-corrected chi connectivity index (χ0v) is 14.7. The highest BCUT2D eigenvalue weighted by Crippen LogP contribution is 2.20. The van der Waals surface area contributed by atoms with Crippen molar-refractivity contribution in [3.63, 3.8) is 0 Å². The molecule has 1 heterocycles. The summed E-state index contributed by atoms with van der Waals surface area (Å²) in [5.74, 6) is -3.33. The van der Waals surface area contributed by atoms with E-state index in [4.69, 9.17) is 5.11 Å². The number of carbonyl (C=O) groups is 3. The Bertz CT molecular complexity index is 872. The molecule has 1 aliphatic rings. The fourth-order valence-electron chi connectivity index (χ4n) is 2.43. The molecule has 0 aromatic heterocycles. The van der Waals surface area contributed by atoms with Crippen molar-refractivity contribution >= 4 is 27.6 Å². The number of benzene rings is 1. The van der Waals surface area contributed by atoms with Gasteiger partial charge in [0.1, 0.15) is 17.9 Å². The van der Waals surface area contributed by atoms with Crippen LogP contribution in [0.4, 0.5) is 0 Å². The van der Waals surface area contributed by atoms with E-state index in [9.17, 15) is 27.9 Å². The summed E-state index contributed by atoms with van der Waals surface area (Å²) in [4.78, 5) is 36.4. The molecule has 0 bridgehead atoms. The van der Waals surface area contributed by atoms with Crippen LogP contribution in [0.5, 0.6) is 0 Å². The fraction of sp³-hybridized carbons (Fsp3) is 0.312. The Morgan fingerprint density at radius 2 is 1.85 bits per heavy atom. The second-order valence-corrected chi connectivity index (χ2v) is 7.81. The second-order valence-electron chi connectivity index (χ2n) is 5.79. The molecule has 0 fully saturated rings. The summed E-state index contributed by atoms with van der Waals surface area (Å²) in [6, 6.07) is 5.97. The van der Waals surface area contributed by atoms with Gasteiger partial charge in [-0.3, -0.25) is 14.4 Å². The molecule has 0 radical (unpaired) electrons. The Balaban J connectivity index is 2.13. The van der Waals surface area contributed by atoms with E-state index < -0.39 is 39.7 Å². The Kier molecular flexibility index (Phi) is 5.66. The van der Waals surface area contributed by atoms with Gasteiger partial charge in [0.15, 0.2) is 9.84 Å². The summed E-state index contributed by atoms with van der Waals surface area (Å²) in [5, 5.41) is 20.5. The number of nitrogens with zero attached hydrogens (tertiary/aromatic N) is 1. The monoisotopic (exact) mass is 382 g/mol. The maximum absolute atomic E-state index is 12.5. The van der Waals surface area contributed by atoms with Gasteiger partial charge >= 0.3 is 5.97 Å². The van der Waals surface area contributed by atoms with Crippen LogP contribution in [0.2, 0.25) is 0 Å². The van der Waals surface area contributed by atoms with Crippen LogP contribution >= 0.6 is 0 Å². The third-order valence-electron chi connectivity index (χ3n) is 3.76. The number of hydrogen-bond donors (Lipinski definition) is 3. The van der Waals surface area contributed by atoms with Crippen LogP contribution in [-0.4, -0.2) is 60.7 Å². The van der Waals surface area contributed by atoms with Gasteiger partial charge in [0.2, 0.25) is 0 Å². The number of nitrogens with one attached hydrogen (secondary N) is 1. The van der Waals surface area contributed by atoms with Crippen molar-refractivity contribution in [1.82, 2.24) is 10.2 Å². The molecular formula is C16H18N2O7S. The predicted octanol–water partition coefficient (Wildman–Crippen LogP) is -0.165. The third kappa shape index (κ3) is 4.60. The van der Waals surface area contributed by atoms with Crippen molar-refractivity contribution in [3.05, 3.63) is 41.2 Å². The summed E-state index contributed by atoms with van der Waals surface area (Å²) in [5.41, 5.74) is 0.169. The molecule has 10 heteroatoms. The molecule has 2 rings (SSSR count). The minimum atomic E-state index is -3.33. The standard InChI is InChI=1S/C16H18N2O7S/c1-26(24,25)11-4-2-10(3-5-11)9-18-7-6-12(19)14(16(18)23)15(22)17-8-13(20)21/h2-5,19H,6-9H2,1H3,(H,17,22)(H,20,21). The first-order valence-electron chi connectivity index (χ1n) is 7.60. The van der Waals surface area contributed by atoms with E-state index in [0.717, 1.165) is 6.26 Å². The molecule has 0 spiro atoms. The van der Waals surface area contributed by atoms with Crippen molar-refractivity contribution in [3.8, 4) is 0 Å². The first-order valence-corrected chi connectivity index (χ1v) is 9.49. The van der Waals surface area contributed by atoms with Gasteiger partial charge in [-0.15, -0.1) is 0 Å². The zero-order chi connectivity index (χ0) is 19.5. The molecule has 0 aliphatic carbocycles. The number of carboxylic acid groups (broad SMARTS) is 1. The molecular weight excluding hydrogens is 364 g/mol. The number of rotatable bonds is 6. The van der Waals surface area contributed by atoms with E-state index in [0.29, 0.717) is 5.56 Å². The highest BCUT2D eigenvalue weighted by Gasteiger charge is 2.32. The Labute approximate surface area is 149 Å². The average Bonchev–Trinajstić information content (AvgIpc) is 2.55. The number of amides is 2. The van der Waals surface area contributed by atoms with Gasteiger partial charge in [0.25, 0.3) is 11.8 Å². The number of aliphatic hydroxyl groups is 1. The van der Waals surface area contributed by atoms with Gasteiger partial charge in [-0.25, -0.2) is 8.42 Å². The van der Waals surface area contributed by atoms with Crippen LogP contribution in [-0.2, 0) is 30.8 Å². The summed E-state index contributed by atoms with van der Waals surface area (Å²) < 4.78 is 22.9. The van der Waals surface area contributed by atoms with Gasteiger partial charge in [-0.05, 0) is 17.7 Å². The van der Waals surface area contributed by atoms with Crippen LogP contribution in [0.1, 0.15) is 12.0 Å². The molecule has 0 saturated carbocycles. The first kappa shape index (κ1) is 19.4. The van der Waals surface area contributed by atoms with Crippen LogP contribution in [0, 0.1) is 0 Å². The van der Waals surface area contributed by atoms with E-state index in [-0.39, 0.29) is 30.2 Å². The number of carboxylic acids is 1. The average molecular weight is 382 g/mol. The van der Waals surface area contributed by atoms with E-state index in [1.807, 2.05) is 0 Å². The minimum absolute atomic E-state index is 0.0585. The number of carbonyl (C=O) groups excluding carboxylic acids is 2. The van der Waals surface area contributed by atoms with Crippen molar-refractivity contribution < 1.29 is 33.0 Å².